The summed E-state index contributed by atoms with van der Waals surface area (Å²) in [5.74, 6) is -1.02. The second-order valence-electron chi connectivity index (χ2n) is 3.82. The van der Waals surface area contributed by atoms with Gasteiger partial charge in [-0.3, -0.25) is 9.59 Å². The fraction of sp³-hybridized carbons (Fsp3) is 0.818. The number of nitrogens with two attached hydrogens (primary N) is 1. The second-order valence-corrected chi connectivity index (χ2v) is 3.82. The Morgan fingerprint density at radius 1 is 1.06 bits per heavy atom. The average Bonchev–Trinajstić information content (AvgIpc) is 2.28. The van der Waals surface area contributed by atoms with E-state index in [0.717, 1.165) is 25.7 Å². The van der Waals surface area contributed by atoms with Gasteiger partial charge in [0.2, 0.25) is 0 Å². The molecule has 0 rings (SSSR count). The SMILES string of the molecule is NCCNOC(=O)CCCCCCCC(=O)O.[Zn]. The zero-order valence-corrected chi connectivity index (χ0v) is 13.8. The molecule has 0 saturated heterocycles. The van der Waals surface area contributed by atoms with Crippen molar-refractivity contribution < 1.29 is 39.0 Å². The van der Waals surface area contributed by atoms with Crippen LogP contribution in [0.25, 0.3) is 0 Å². The number of carbonyl (C=O) groups excluding carboxylic acids is 1. The molecule has 0 saturated carbocycles. The van der Waals surface area contributed by atoms with Crippen LogP contribution in [0, 0.1) is 0 Å². The van der Waals surface area contributed by atoms with E-state index in [1.165, 1.54) is 0 Å². The third kappa shape index (κ3) is 15.5. The minimum atomic E-state index is -0.750. The Morgan fingerprint density at radius 3 is 2.17 bits per heavy atom. The van der Waals surface area contributed by atoms with Crippen molar-refractivity contribution in [3.63, 3.8) is 0 Å². The third-order valence-electron chi connectivity index (χ3n) is 2.20. The number of unbranched alkanes of at least 4 members (excludes halogenated alkanes) is 4. The number of aliphatic carboxylic acids is 1. The summed E-state index contributed by atoms with van der Waals surface area (Å²) in [5, 5.41) is 8.41. The first-order chi connectivity index (χ1) is 8.16. The molecule has 0 fully saturated rings. The number of nitrogens with one attached hydrogen (secondary N) is 1. The molecule has 0 aliphatic carbocycles. The molecule has 0 bridgehead atoms. The zero-order chi connectivity index (χ0) is 12.9. The molecule has 0 radical (unpaired) electrons. The maximum atomic E-state index is 11.1. The number of hydrogen-bond acceptors (Lipinski definition) is 5. The van der Waals surface area contributed by atoms with Crippen LogP contribution in [0.4, 0.5) is 0 Å². The fourth-order valence-electron chi connectivity index (χ4n) is 1.32. The van der Waals surface area contributed by atoms with E-state index in [2.05, 4.69) is 5.48 Å². The van der Waals surface area contributed by atoms with Gasteiger partial charge >= 0.3 is 11.9 Å². The maximum absolute atomic E-state index is 11.1. The van der Waals surface area contributed by atoms with Crippen LogP contribution in [0.5, 0.6) is 0 Å². The van der Waals surface area contributed by atoms with Crippen molar-refractivity contribution in [1.82, 2.24) is 5.48 Å². The molecule has 0 aromatic carbocycles. The normalized spacial score (nSPS) is 9.61. The molecule has 0 heterocycles. The van der Waals surface area contributed by atoms with Gasteiger partial charge in [-0.1, -0.05) is 19.3 Å². The van der Waals surface area contributed by atoms with Gasteiger partial charge in [0.05, 0.1) is 0 Å². The van der Waals surface area contributed by atoms with Gasteiger partial charge in [0.25, 0.3) is 0 Å². The Bertz CT molecular complexity index is 227. The fourth-order valence-corrected chi connectivity index (χ4v) is 1.32. The first-order valence-electron chi connectivity index (χ1n) is 6.01. The molecule has 102 valence electrons. The molecule has 18 heavy (non-hydrogen) atoms. The molecule has 0 aromatic rings. The summed E-state index contributed by atoms with van der Waals surface area (Å²) < 4.78 is 0. The molecule has 0 spiro atoms. The van der Waals surface area contributed by atoms with Crippen LogP contribution in [0.3, 0.4) is 0 Å². The Kier molecular flexibility index (Phi) is 16.0. The molecule has 0 amide bonds. The van der Waals surface area contributed by atoms with E-state index in [-0.39, 0.29) is 31.9 Å². The smallest absolute Gasteiger partial charge is 0.324 e. The van der Waals surface area contributed by atoms with Crippen LogP contribution < -0.4 is 11.2 Å². The topological polar surface area (TPSA) is 102 Å². The van der Waals surface area contributed by atoms with Gasteiger partial charge in [0.15, 0.2) is 0 Å². The van der Waals surface area contributed by atoms with Gasteiger partial charge in [-0.15, -0.1) is 0 Å². The molecule has 0 aromatic heterocycles. The molecule has 0 aliphatic rings. The van der Waals surface area contributed by atoms with Crippen molar-refractivity contribution in [2.75, 3.05) is 13.1 Å². The first kappa shape index (κ1) is 19.8. The number of carboxylic acid groups (broad SMARTS) is 1. The van der Waals surface area contributed by atoms with Crippen LogP contribution >= 0.6 is 0 Å². The number of rotatable bonds is 11. The summed E-state index contributed by atoms with van der Waals surface area (Å²) in [5.41, 5.74) is 7.68. The van der Waals surface area contributed by atoms with E-state index in [1.54, 1.807) is 0 Å². The summed E-state index contributed by atoms with van der Waals surface area (Å²) in [6, 6.07) is 0. The van der Waals surface area contributed by atoms with Gasteiger partial charge in [0.1, 0.15) is 0 Å². The Morgan fingerprint density at radius 2 is 1.61 bits per heavy atom. The maximum Gasteiger partial charge on any atom is 0.324 e. The number of hydrogen-bond donors (Lipinski definition) is 3. The Hall–Kier alpha value is -0.517. The monoisotopic (exact) mass is 310 g/mol. The molecule has 0 aliphatic heterocycles. The third-order valence-corrected chi connectivity index (χ3v) is 2.20. The van der Waals surface area contributed by atoms with Crippen molar-refractivity contribution in [2.45, 2.75) is 44.9 Å². The van der Waals surface area contributed by atoms with Gasteiger partial charge < -0.3 is 15.7 Å². The molecular weight excluding hydrogens is 290 g/mol. The van der Waals surface area contributed by atoms with Crippen LogP contribution in [0.1, 0.15) is 44.9 Å². The van der Waals surface area contributed by atoms with Crippen LogP contribution in [0.2, 0.25) is 0 Å². The minimum absolute atomic E-state index is 0. The van der Waals surface area contributed by atoms with Crippen molar-refractivity contribution in [3.8, 4) is 0 Å². The predicted octanol–water partition coefficient (Wildman–Crippen LogP) is 0.806. The van der Waals surface area contributed by atoms with Crippen molar-refractivity contribution in [1.29, 1.82) is 0 Å². The molecule has 6 nitrogen and oxygen atoms in total. The summed E-state index contributed by atoms with van der Waals surface area (Å²) >= 11 is 0. The first-order valence-corrected chi connectivity index (χ1v) is 6.01. The summed E-state index contributed by atoms with van der Waals surface area (Å²) in [7, 11) is 0. The zero-order valence-electron chi connectivity index (χ0n) is 10.8. The molecule has 0 unspecified atom stereocenters. The largest absolute Gasteiger partial charge is 0.481 e. The van der Waals surface area contributed by atoms with Gasteiger partial charge in [0, 0.05) is 45.4 Å². The number of carboxylic acids is 1. The van der Waals surface area contributed by atoms with E-state index in [1.807, 2.05) is 0 Å². The van der Waals surface area contributed by atoms with Gasteiger partial charge in [-0.25, -0.2) is 0 Å². The Labute approximate surface area is 120 Å². The summed E-state index contributed by atoms with van der Waals surface area (Å²) in [4.78, 5) is 26.0. The van der Waals surface area contributed by atoms with E-state index >= 15 is 0 Å². The Balaban J connectivity index is 0. The van der Waals surface area contributed by atoms with E-state index in [4.69, 9.17) is 15.7 Å². The molecule has 0 atom stereocenters. The van der Waals surface area contributed by atoms with Crippen molar-refractivity contribution in [2.24, 2.45) is 5.73 Å². The van der Waals surface area contributed by atoms with Gasteiger partial charge in [-0.2, -0.15) is 5.48 Å². The number of hydroxylamine groups is 1. The number of carbonyl (C=O) groups is 2. The molecule has 4 N–H and O–H groups in total. The predicted molar refractivity (Wildman–Crippen MR) is 63.1 cm³/mol. The standard InChI is InChI=1S/C11H22N2O4.Zn/c12-8-9-13-17-11(16)7-5-3-1-2-4-6-10(14)15;/h13H,1-9,12H2,(H,14,15);. The molecule has 7 heteroatoms. The van der Waals surface area contributed by atoms with E-state index in [0.29, 0.717) is 25.9 Å². The van der Waals surface area contributed by atoms with Crippen molar-refractivity contribution in [3.05, 3.63) is 0 Å². The van der Waals surface area contributed by atoms with Crippen LogP contribution in [0.15, 0.2) is 0 Å². The van der Waals surface area contributed by atoms with Crippen LogP contribution in [-0.4, -0.2) is 30.1 Å². The summed E-state index contributed by atoms with van der Waals surface area (Å²) in [6.07, 6.45) is 4.87. The quantitative estimate of drug-likeness (QED) is 0.296. The van der Waals surface area contributed by atoms with Gasteiger partial charge in [-0.05, 0) is 12.8 Å². The van der Waals surface area contributed by atoms with E-state index < -0.39 is 5.97 Å². The summed E-state index contributed by atoms with van der Waals surface area (Å²) in [6.45, 7) is 0.887. The van der Waals surface area contributed by atoms with Crippen LogP contribution in [-0.2, 0) is 33.9 Å². The van der Waals surface area contributed by atoms with Crippen molar-refractivity contribution >= 4 is 11.9 Å². The minimum Gasteiger partial charge on any atom is -0.481 e. The van der Waals surface area contributed by atoms with E-state index in [9.17, 15) is 9.59 Å². The second kappa shape index (κ2) is 14.5. The average molecular weight is 312 g/mol. The molecular formula is C11H22N2O4Zn.